The minimum atomic E-state index is 0.254. The lowest BCUT2D eigenvalue weighted by atomic mass is 9.65. The minimum absolute atomic E-state index is 0.254. The van der Waals surface area contributed by atoms with Gasteiger partial charge in [0.05, 0.1) is 0 Å². The van der Waals surface area contributed by atoms with Crippen LogP contribution in [0, 0.1) is 10.8 Å². The van der Waals surface area contributed by atoms with Gasteiger partial charge in [-0.2, -0.15) is 0 Å². The van der Waals surface area contributed by atoms with E-state index in [4.69, 9.17) is 0 Å². The molecule has 0 nitrogen and oxygen atoms in total. The fraction of sp³-hybridized carbons (Fsp3) is 0.692. The van der Waals surface area contributed by atoms with E-state index in [0.717, 1.165) is 0 Å². The summed E-state index contributed by atoms with van der Waals surface area (Å²) in [7, 11) is 0. The van der Waals surface area contributed by atoms with Crippen LogP contribution >= 0.6 is 0 Å². The first-order valence-electron chi connectivity index (χ1n) is 5.08. The van der Waals surface area contributed by atoms with Crippen LogP contribution in [-0.2, 0) is 0 Å². The molecule has 0 N–H and O–H groups in total. The lowest BCUT2D eigenvalue weighted by molar-refractivity contribution is 0.448. The van der Waals surface area contributed by atoms with Gasteiger partial charge in [0.1, 0.15) is 0 Å². The molecule has 0 amide bonds. The summed E-state index contributed by atoms with van der Waals surface area (Å²) in [5.41, 5.74) is 5.09. The topological polar surface area (TPSA) is 0 Å². The second kappa shape index (κ2) is 2.73. The van der Waals surface area contributed by atoms with Gasteiger partial charge in [-0.3, -0.25) is 0 Å². The van der Waals surface area contributed by atoms with Crippen molar-refractivity contribution in [3.8, 4) is 0 Å². The summed E-state index contributed by atoms with van der Waals surface area (Å²) in [6.45, 7) is 16.0. The largest absolute Gasteiger partial charge is 0.0750 e. The van der Waals surface area contributed by atoms with Crippen LogP contribution in [-0.4, -0.2) is 0 Å². The molecular formula is C13H22. The van der Waals surface area contributed by atoms with Gasteiger partial charge in [0.15, 0.2) is 0 Å². The van der Waals surface area contributed by atoms with E-state index < -0.39 is 0 Å². The van der Waals surface area contributed by atoms with Crippen molar-refractivity contribution in [3.63, 3.8) is 0 Å². The van der Waals surface area contributed by atoms with Gasteiger partial charge in [0, 0.05) is 10.8 Å². The van der Waals surface area contributed by atoms with Crippen LogP contribution in [0.25, 0.3) is 0 Å². The van der Waals surface area contributed by atoms with E-state index in [2.05, 4.69) is 54.5 Å². The summed E-state index contributed by atoms with van der Waals surface area (Å²) in [5, 5.41) is 0. The van der Waals surface area contributed by atoms with E-state index >= 15 is 0 Å². The van der Waals surface area contributed by atoms with Crippen LogP contribution in [0.3, 0.4) is 0 Å². The second-order valence-electron chi connectivity index (χ2n) is 5.42. The molecule has 0 aliphatic heterocycles. The van der Waals surface area contributed by atoms with Gasteiger partial charge in [0.2, 0.25) is 0 Å². The highest BCUT2D eigenvalue weighted by atomic mass is 14.4. The maximum atomic E-state index is 2.41. The van der Waals surface area contributed by atoms with E-state index in [0.29, 0.717) is 0 Å². The van der Waals surface area contributed by atoms with Gasteiger partial charge in [-0.25, -0.2) is 0 Å². The first kappa shape index (κ1) is 10.6. The molecule has 1 aliphatic rings. The van der Waals surface area contributed by atoms with Crippen molar-refractivity contribution >= 4 is 0 Å². The van der Waals surface area contributed by atoms with Crippen LogP contribution in [0.5, 0.6) is 0 Å². The van der Waals surface area contributed by atoms with E-state index in [1.165, 1.54) is 16.7 Å². The molecule has 0 saturated carbocycles. The third kappa shape index (κ3) is 1.47. The average molecular weight is 178 g/mol. The maximum absolute atomic E-state index is 2.41. The van der Waals surface area contributed by atoms with Gasteiger partial charge < -0.3 is 0 Å². The molecular weight excluding hydrogens is 156 g/mol. The third-order valence-electron chi connectivity index (χ3n) is 4.03. The Kier molecular flexibility index (Phi) is 2.22. The molecule has 0 unspecified atom stereocenters. The fourth-order valence-corrected chi connectivity index (χ4v) is 2.08. The predicted octanol–water partition coefficient (Wildman–Crippen LogP) is 4.34. The first-order chi connectivity index (χ1) is 5.69. The quantitative estimate of drug-likeness (QED) is 0.484. The Balaban J connectivity index is 3.30. The van der Waals surface area contributed by atoms with Crippen molar-refractivity contribution in [2.24, 2.45) is 10.8 Å². The molecule has 0 bridgehead atoms. The van der Waals surface area contributed by atoms with Crippen molar-refractivity contribution in [1.82, 2.24) is 0 Å². The minimum Gasteiger partial charge on any atom is -0.0750 e. The second-order valence-corrected chi connectivity index (χ2v) is 5.42. The molecule has 0 atom stereocenters. The van der Waals surface area contributed by atoms with Crippen LogP contribution < -0.4 is 0 Å². The Morgan fingerprint density at radius 1 is 0.846 bits per heavy atom. The molecule has 0 aromatic carbocycles. The zero-order valence-electron chi connectivity index (χ0n) is 10.1. The fourth-order valence-electron chi connectivity index (χ4n) is 2.08. The SMILES string of the molecule is CC1=CC(C)(C)C(C)=C(C)C1(C)C. The zero-order valence-corrected chi connectivity index (χ0v) is 10.1. The molecule has 0 fully saturated rings. The summed E-state index contributed by atoms with van der Waals surface area (Å²) in [6.07, 6.45) is 2.41. The molecule has 1 rings (SSSR count). The maximum Gasteiger partial charge on any atom is 0.00616 e. The Bertz CT molecular complexity index is 285. The highest BCUT2D eigenvalue weighted by Crippen LogP contribution is 2.47. The van der Waals surface area contributed by atoms with Crippen LogP contribution in [0.15, 0.2) is 22.8 Å². The normalized spacial score (nSPS) is 25.9. The Morgan fingerprint density at radius 3 is 1.77 bits per heavy atom. The molecule has 13 heavy (non-hydrogen) atoms. The predicted molar refractivity (Wildman–Crippen MR) is 59.7 cm³/mol. The Labute approximate surface area is 82.7 Å². The lowest BCUT2D eigenvalue weighted by Crippen LogP contribution is -2.27. The summed E-state index contributed by atoms with van der Waals surface area (Å²) in [6, 6.07) is 0. The van der Waals surface area contributed by atoms with Crippen LogP contribution in [0.4, 0.5) is 0 Å². The van der Waals surface area contributed by atoms with E-state index in [1.54, 1.807) is 0 Å². The van der Waals surface area contributed by atoms with Crippen molar-refractivity contribution in [3.05, 3.63) is 22.8 Å². The first-order valence-corrected chi connectivity index (χ1v) is 5.08. The zero-order chi connectivity index (χ0) is 10.4. The molecule has 0 heterocycles. The number of allylic oxidation sites excluding steroid dienone is 4. The summed E-state index contributed by atoms with van der Waals surface area (Å²) >= 11 is 0. The molecule has 0 aromatic rings. The van der Waals surface area contributed by atoms with Crippen molar-refractivity contribution in [2.45, 2.75) is 48.5 Å². The van der Waals surface area contributed by atoms with Crippen LogP contribution in [0.2, 0.25) is 0 Å². The van der Waals surface area contributed by atoms with E-state index in [9.17, 15) is 0 Å². The standard InChI is InChI=1S/C13H22/c1-9-8-12(4,5)10(2)11(3)13(9,6)7/h8H,1-7H3. The highest BCUT2D eigenvalue weighted by molar-refractivity contribution is 5.39. The van der Waals surface area contributed by atoms with Gasteiger partial charge >= 0.3 is 0 Å². The monoisotopic (exact) mass is 178 g/mol. The molecule has 74 valence electrons. The molecule has 1 aliphatic carbocycles. The summed E-state index contributed by atoms with van der Waals surface area (Å²) < 4.78 is 0. The van der Waals surface area contributed by atoms with Crippen molar-refractivity contribution < 1.29 is 0 Å². The van der Waals surface area contributed by atoms with E-state index in [-0.39, 0.29) is 10.8 Å². The molecule has 0 heteroatoms. The Morgan fingerprint density at radius 2 is 1.31 bits per heavy atom. The van der Waals surface area contributed by atoms with Gasteiger partial charge in [-0.15, -0.1) is 0 Å². The smallest absolute Gasteiger partial charge is 0.00616 e. The number of rotatable bonds is 0. The number of hydrogen-bond acceptors (Lipinski definition) is 0. The van der Waals surface area contributed by atoms with E-state index in [1.807, 2.05) is 0 Å². The van der Waals surface area contributed by atoms with Crippen LogP contribution in [0.1, 0.15) is 48.5 Å². The summed E-state index contributed by atoms with van der Waals surface area (Å²) in [4.78, 5) is 0. The highest BCUT2D eigenvalue weighted by Gasteiger charge is 2.33. The van der Waals surface area contributed by atoms with Gasteiger partial charge in [-0.05, 0) is 20.8 Å². The summed E-state index contributed by atoms with van der Waals surface area (Å²) in [5.74, 6) is 0. The van der Waals surface area contributed by atoms with Gasteiger partial charge in [0.25, 0.3) is 0 Å². The molecule has 0 spiro atoms. The van der Waals surface area contributed by atoms with Crippen molar-refractivity contribution in [2.75, 3.05) is 0 Å². The lowest BCUT2D eigenvalue weighted by Gasteiger charge is -2.40. The number of hydrogen-bond donors (Lipinski definition) is 0. The molecule has 0 aromatic heterocycles. The molecule has 0 saturated heterocycles. The Hall–Kier alpha value is -0.520. The molecule has 0 radical (unpaired) electrons. The third-order valence-corrected chi connectivity index (χ3v) is 4.03. The average Bonchev–Trinajstić information content (AvgIpc) is 1.98. The van der Waals surface area contributed by atoms with Crippen molar-refractivity contribution in [1.29, 1.82) is 0 Å². The van der Waals surface area contributed by atoms with Gasteiger partial charge in [-0.1, -0.05) is 50.5 Å².